The van der Waals surface area contributed by atoms with Gasteiger partial charge in [0.2, 0.25) is 0 Å². The van der Waals surface area contributed by atoms with Crippen LogP contribution in [0, 0.1) is 6.92 Å². The van der Waals surface area contributed by atoms with Crippen LogP contribution in [-0.2, 0) is 16.8 Å². The van der Waals surface area contributed by atoms with Gasteiger partial charge in [-0.05, 0) is 30.9 Å². The third kappa shape index (κ3) is 1.04. The highest BCUT2D eigenvalue weighted by atomic mass is 16.2. The molecular formula is C12H13N3O. The Morgan fingerprint density at radius 2 is 2.31 bits per heavy atom. The van der Waals surface area contributed by atoms with E-state index in [0.717, 1.165) is 24.0 Å². The fourth-order valence-electron chi connectivity index (χ4n) is 2.60. The van der Waals surface area contributed by atoms with E-state index in [9.17, 15) is 4.79 Å². The number of amides is 1. The predicted octanol–water partition coefficient (Wildman–Crippen LogP) is 0.581. The summed E-state index contributed by atoms with van der Waals surface area (Å²) in [5.41, 5.74) is 8.22. The molecule has 1 aromatic rings. The van der Waals surface area contributed by atoms with Gasteiger partial charge in [0, 0.05) is 0 Å². The molecule has 82 valence electrons. The number of benzene rings is 1. The molecule has 1 heterocycles. The van der Waals surface area contributed by atoms with E-state index in [0.29, 0.717) is 0 Å². The molecule has 16 heavy (non-hydrogen) atoms. The number of fused-ring (bicyclic) bond motifs is 2. The van der Waals surface area contributed by atoms with Crippen molar-refractivity contribution in [2.45, 2.75) is 25.3 Å². The van der Waals surface area contributed by atoms with Gasteiger partial charge < -0.3 is 5.73 Å². The summed E-state index contributed by atoms with van der Waals surface area (Å²) in [4.78, 5) is 16.3. The van der Waals surface area contributed by atoms with Crippen LogP contribution >= 0.6 is 0 Å². The highest BCUT2D eigenvalue weighted by Gasteiger charge is 2.48. The van der Waals surface area contributed by atoms with Gasteiger partial charge in [-0.3, -0.25) is 10.1 Å². The largest absolute Gasteiger partial charge is 0.370 e. The van der Waals surface area contributed by atoms with Crippen LogP contribution in [0.4, 0.5) is 0 Å². The number of hydrogen-bond donors (Lipinski definition) is 2. The van der Waals surface area contributed by atoms with E-state index in [-0.39, 0.29) is 11.9 Å². The summed E-state index contributed by atoms with van der Waals surface area (Å²) in [6, 6.07) is 6.19. The van der Waals surface area contributed by atoms with Crippen LogP contribution in [0.3, 0.4) is 0 Å². The Balaban J connectivity index is 2.22. The molecule has 1 amide bonds. The Morgan fingerprint density at radius 3 is 3.00 bits per heavy atom. The van der Waals surface area contributed by atoms with Crippen LogP contribution < -0.4 is 11.1 Å². The first-order chi connectivity index (χ1) is 7.62. The summed E-state index contributed by atoms with van der Waals surface area (Å²) in [5, 5.41) is 2.60. The first-order valence-electron chi connectivity index (χ1n) is 5.39. The number of carbonyl (C=O) groups is 1. The van der Waals surface area contributed by atoms with Gasteiger partial charge in [-0.15, -0.1) is 0 Å². The van der Waals surface area contributed by atoms with Crippen molar-refractivity contribution in [3.05, 3.63) is 34.9 Å². The average Bonchev–Trinajstić information content (AvgIpc) is 2.71. The second-order valence-electron chi connectivity index (χ2n) is 4.47. The van der Waals surface area contributed by atoms with Crippen LogP contribution in [0.2, 0.25) is 0 Å². The van der Waals surface area contributed by atoms with E-state index in [1.54, 1.807) is 0 Å². The number of nitrogens with zero attached hydrogens (tertiary/aromatic N) is 1. The lowest BCUT2D eigenvalue weighted by Gasteiger charge is -2.18. The zero-order valence-corrected chi connectivity index (χ0v) is 9.08. The van der Waals surface area contributed by atoms with E-state index in [1.165, 1.54) is 5.56 Å². The van der Waals surface area contributed by atoms with Crippen molar-refractivity contribution in [2.24, 2.45) is 10.7 Å². The molecule has 1 spiro atoms. The third-order valence-corrected chi connectivity index (χ3v) is 3.40. The van der Waals surface area contributed by atoms with Gasteiger partial charge in [-0.25, -0.2) is 4.99 Å². The van der Waals surface area contributed by atoms with Crippen LogP contribution in [0.5, 0.6) is 0 Å². The van der Waals surface area contributed by atoms with Gasteiger partial charge in [0.15, 0.2) is 11.5 Å². The lowest BCUT2D eigenvalue weighted by Crippen LogP contribution is -2.37. The molecule has 0 saturated carbocycles. The summed E-state index contributed by atoms with van der Waals surface area (Å²) in [6.07, 6.45) is 1.61. The van der Waals surface area contributed by atoms with E-state index >= 15 is 0 Å². The minimum atomic E-state index is -0.745. The van der Waals surface area contributed by atoms with Gasteiger partial charge in [-0.1, -0.05) is 23.8 Å². The maximum absolute atomic E-state index is 12.0. The highest BCUT2D eigenvalue weighted by molar-refractivity contribution is 6.07. The van der Waals surface area contributed by atoms with Gasteiger partial charge in [0.05, 0.1) is 0 Å². The number of aliphatic imine (C=N–C) groups is 1. The summed E-state index contributed by atoms with van der Waals surface area (Å²) in [6.45, 7) is 2.02. The Hall–Kier alpha value is -1.84. The van der Waals surface area contributed by atoms with Gasteiger partial charge in [-0.2, -0.15) is 0 Å². The van der Waals surface area contributed by atoms with Crippen molar-refractivity contribution < 1.29 is 4.79 Å². The molecule has 1 atom stereocenters. The predicted molar refractivity (Wildman–Crippen MR) is 60.9 cm³/mol. The number of nitrogens with one attached hydrogen (secondary N) is 1. The van der Waals surface area contributed by atoms with Crippen LogP contribution in [-0.4, -0.2) is 11.9 Å². The monoisotopic (exact) mass is 215 g/mol. The minimum Gasteiger partial charge on any atom is -0.370 e. The van der Waals surface area contributed by atoms with Crippen LogP contribution in [0.15, 0.2) is 23.2 Å². The summed E-state index contributed by atoms with van der Waals surface area (Å²) < 4.78 is 0. The molecule has 4 heteroatoms. The molecule has 0 radical (unpaired) electrons. The maximum Gasteiger partial charge on any atom is 0.259 e. The molecule has 1 aliphatic carbocycles. The molecule has 0 aromatic heterocycles. The van der Waals surface area contributed by atoms with Gasteiger partial charge in [0.25, 0.3) is 5.91 Å². The lowest BCUT2D eigenvalue weighted by molar-refractivity contribution is -0.124. The van der Waals surface area contributed by atoms with Crippen molar-refractivity contribution in [2.75, 3.05) is 0 Å². The molecule has 0 saturated heterocycles. The number of rotatable bonds is 0. The number of guanidine groups is 1. The molecule has 3 N–H and O–H groups in total. The van der Waals surface area contributed by atoms with Crippen molar-refractivity contribution in [3.8, 4) is 0 Å². The SMILES string of the molecule is Cc1ccc2c(c1)C1(CC2)N=C(N)NC1=O. The molecule has 1 aromatic carbocycles. The minimum absolute atomic E-state index is 0.0886. The van der Waals surface area contributed by atoms with E-state index in [4.69, 9.17) is 5.73 Å². The number of aryl methyl sites for hydroxylation is 2. The molecule has 4 nitrogen and oxygen atoms in total. The normalized spacial score (nSPS) is 26.8. The quantitative estimate of drug-likeness (QED) is 0.664. The standard InChI is InChI=1S/C12H13N3O/c1-7-2-3-8-4-5-12(9(8)6-7)10(16)14-11(13)15-12/h2-3,6H,4-5H2,1H3,(H3,13,14,15,16). The van der Waals surface area contributed by atoms with Crippen LogP contribution in [0.1, 0.15) is 23.1 Å². The van der Waals surface area contributed by atoms with Crippen molar-refractivity contribution in [3.63, 3.8) is 0 Å². The van der Waals surface area contributed by atoms with Crippen molar-refractivity contribution >= 4 is 11.9 Å². The zero-order valence-electron chi connectivity index (χ0n) is 9.08. The van der Waals surface area contributed by atoms with Crippen molar-refractivity contribution in [1.82, 2.24) is 5.32 Å². The lowest BCUT2D eigenvalue weighted by atomic mass is 9.91. The number of nitrogens with two attached hydrogens (primary N) is 1. The number of carbonyl (C=O) groups excluding carboxylic acids is 1. The molecule has 0 fully saturated rings. The summed E-state index contributed by atoms with van der Waals surface area (Å²) in [7, 11) is 0. The first kappa shape index (κ1) is 9.39. The second kappa shape index (κ2) is 2.84. The Bertz CT molecular complexity index is 521. The van der Waals surface area contributed by atoms with Gasteiger partial charge in [0.1, 0.15) is 0 Å². The second-order valence-corrected chi connectivity index (χ2v) is 4.47. The Morgan fingerprint density at radius 1 is 1.50 bits per heavy atom. The van der Waals surface area contributed by atoms with E-state index in [1.807, 2.05) is 13.0 Å². The maximum atomic E-state index is 12.0. The fourth-order valence-corrected chi connectivity index (χ4v) is 2.60. The van der Waals surface area contributed by atoms with E-state index < -0.39 is 5.54 Å². The summed E-state index contributed by atoms with van der Waals surface area (Å²) >= 11 is 0. The number of hydrogen-bond acceptors (Lipinski definition) is 3. The summed E-state index contributed by atoms with van der Waals surface area (Å²) in [5.74, 6) is 0.147. The average molecular weight is 215 g/mol. The molecule has 1 aliphatic heterocycles. The topological polar surface area (TPSA) is 67.5 Å². The Kier molecular flexibility index (Phi) is 1.67. The fraction of sp³-hybridized carbons (Fsp3) is 0.333. The van der Waals surface area contributed by atoms with Gasteiger partial charge >= 0.3 is 0 Å². The van der Waals surface area contributed by atoms with E-state index in [2.05, 4.69) is 22.4 Å². The molecule has 3 rings (SSSR count). The van der Waals surface area contributed by atoms with Crippen molar-refractivity contribution in [1.29, 1.82) is 0 Å². The Labute approximate surface area is 93.6 Å². The molecular weight excluding hydrogens is 202 g/mol. The third-order valence-electron chi connectivity index (χ3n) is 3.40. The molecule has 2 aliphatic rings. The molecule has 0 bridgehead atoms. The van der Waals surface area contributed by atoms with Crippen LogP contribution in [0.25, 0.3) is 0 Å². The smallest absolute Gasteiger partial charge is 0.259 e. The molecule has 1 unspecified atom stereocenters. The zero-order chi connectivity index (χ0) is 11.3. The first-order valence-corrected chi connectivity index (χ1v) is 5.39. The highest BCUT2D eigenvalue weighted by Crippen LogP contribution is 2.42.